The van der Waals surface area contributed by atoms with Crippen LogP contribution in [-0.4, -0.2) is 21.4 Å². The Morgan fingerprint density at radius 1 is 1.14 bits per heavy atom. The highest BCUT2D eigenvalue weighted by molar-refractivity contribution is 9.10. The van der Waals surface area contributed by atoms with Crippen LogP contribution in [0.3, 0.4) is 0 Å². The Kier molecular flexibility index (Phi) is 7.88. The molecule has 6 nitrogen and oxygen atoms in total. The Bertz CT molecular complexity index is 945. The van der Waals surface area contributed by atoms with Crippen LogP contribution in [0.5, 0.6) is 5.75 Å². The lowest BCUT2D eigenvalue weighted by Crippen LogP contribution is -2.16. The predicted molar refractivity (Wildman–Crippen MR) is 115 cm³/mol. The minimum atomic E-state index is -3.93. The van der Waals surface area contributed by atoms with Gasteiger partial charge in [-0.2, -0.15) is 0 Å². The summed E-state index contributed by atoms with van der Waals surface area (Å²) >= 11 is 3.35. The molecule has 0 atom stereocenters. The molecule has 28 heavy (non-hydrogen) atoms. The summed E-state index contributed by atoms with van der Waals surface area (Å²) in [7, 11) is -2.53. The molecule has 0 spiro atoms. The van der Waals surface area contributed by atoms with Crippen LogP contribution in [0.2, 0.25) is 0 Å². The van der Waals surface area contributed by atoms with Crippen LogP contribution in [0.4, 0.5) is 11.4 Å². The summed E-state index contributed by atoms with van der Waals surface area (Å²) in [5.74, 6) is 0.0524. The molecule has 0 heterocycles. The van der Waals surface area contributed by atoms with E-state index in [1.807, 2.05) is 13.0 Å². The monoisotopic (exact) mass is 468 g/mol. The van der Waals surface area contributed by atoms with Gasteiger partial charge in [0.05, 0.1) is 12.8 Å². The molecular weight excluding hydrogens is 444 g/mol. The highest BCUT2D eigenvalue weighted by Crippen LogP contribution is 2.31. The van der Waals surface area contributed by atoms with Crippen molar-refractivity contribution in [3.63, 3.8) is 0 Å². The molecule has 1 amide bonds. The second-order valence-corrected chi connectivity index (χ2v) is 8.96. The molecule has 2 rings (SSSR count). The van der Waals surface area contributed by atoms with E-state index in [1.165, 1.54) is 19.2 Å². The molecule has 0 fully saturated rings. The first kappa shape index (κ1) is 22.2. The molecule has 0 saturated heterocycles. The Hall–Kier alpha value is -2.06. The number of carbonyl (C=O) groups excluding carboxylic acids is 1. The van der Waals surface area contributed by atoms with Gasteiger partial charge in [-0.15, -0.1) is 0 Å². The van der Waals surface area contributed by atoms with Crippen LogP contribution in [0.15, 0.2) is 45.8 Å². The molecule has 2 N–H and O–H groups in total. The van der Waals surface area contributed by atoms with Gasteiger partial charge in [-0.1, -0.05) is 25.8 Å². The van der Waals surface area contributed by atoms with Crippen LogP contribution in [-0.2, 0) is 14.8 Å². The van der Waals surface area contributed by atoms with Crippen molar-refractivity contribution >= 4 is 43.2 Å². The fourth-order valence-electron chi connectivity index (χ4n) is 2.64. The zero-order chi connectivity index (χ0) is 20.7. The van der Waals surface area contributed by atoms with Gasteiger partial charge in [0.1, 0.15) is 10.6 Å². The number of nitrogens with one attached hydrogen (secondary N) is 2. The van der Waals surface area contributed by atoms with E-state index < -0.39 is 10.0 Å². The minimum absolute atomic E-state index is 0.0465. The molecular formula is C20H25BrN2O4S. The molecule has 2 aromatic carbocycles. The summed E-state index contributed by atoms with van der Waals surface area (Å²) in [5.41, 5.74) is 1.75. The zero-order valence-electron chi connectivity index (χ0n) is 16.2. The number of methoxy groups -OCH3 is 1. The third-order valence-electron chi connectivity index (χ3n) is 4.11. The Balaban J connectivity index is 2.29. The van der Waals surface area contributed by atoms with Crippen molar-refractivity contribution in [1.29, 1.82) is 0 Å². The van der Waals surface area contributed by atoms with Gasteiger partial charge >= 0.3 is 0 Å². The number of sulfonamides is 1. The first-order chi connectivity index (χ1) is 13.3. The van der Waals surface area contributed by atoms with Gasteiger partial charge in [-0.25, -0.2) is 8.42 Å². The number of unbranched alkanes of at least 4 members (excludes halogenated alkanes) is 2. The minimum Gasteiger partial charge on any atom is -0.495 e. The highest BCUT2D eigenvalue weighted by Gasteiger charge is 2.22. The van der Waals surface area contributed by atoms with E-state index >= 15 is 0 Å². The summed E-state index contributed by atoms with van der Waals surface area (Å²) in [5, 5.41) is 2.75. The number of aryl methyl sites for hydroxylation is 1. The number of benzene rings is 2. The number of anilines is 2. The first-order valence-corrected chi connectivity index (χ1v) is 11.3. The van der Waals surface area contributed by atoms with Crippen molar-refractivity contribution in [3.8, 4) is 5.75 Å². The Morgan fingerprint density at radius 3 is 2.57 bits per heavy atom. The van der Waals surface area contributed by atoms with Gasteiger partial charge in [0.15, 0.2) is 0 Å². The molecule has 0 saturated carbocycles. The predicted octanol–water partition coefficient (Wildman–Crippen LogP) is 5.09. The maximum Gasteiger partial charge on any atom is 0.265 e. The van der Waals surface area contributed by atoms with Crippen molar-refractivity contribution < 1.29 is 17.9 Å². The molecule has 8 heteroatoms. The van der Waals surface area contributed by atoms with Crippen LogP contribution < -0.4 is 14.8 Å². The summed E-state index contributed by atoms with van der Waals surface area (Å²) < 4.78 is 34.4. The third-order valence-corrected chi connectivity index (χ3v) is 6.19. The molecule has 0 unspecified atom stereocenters. The molecule has 0 aliphatic carbocycles. The number of halogens is 1. The van der Waals surface area contributed by atoms with E-state index in [-0.39, 0.29) is 16.6 Å². The average molecular weight is 469 g/mol. The fraction of sp³-hybridized carbons (Fsp3) is 0.350. The quantitative estimate of drug-likeness (QED) is 0.502. The van der Waals surface area contributed by atoms with Crippen LogP contribution >= 0.6 is 15.9 Å². The molecule has 0 aliphatic rings. The van der Waals surface area contributed by atoms with Crippen molar-refractivity contribution in [2.45, 2.75) is 44.4 Å². The van der Waals surface area contributed by atoms with Gasteiger partial charge in [-0.3, -0.25) is 9.52 Å². The molecule has 2 aromatic rings. The summed E-state index contributed by atoms with van der Waals surface area (Å²) in [6, 6.07) is 9.93. The summed E-state index contributed by atoms with van der Waals surface area (Å²) in [6.07, 6.45) is 3.20. The number of carbonyl (C=O) groups is 1. The van der Waals surface area contributed by atoms with Crippen molar-refractivity contribution in [2.24, 2.45) is 0 Å². The van der Waals surface area contributed by atoms with E-state index in [4.69, 9.17) is 4.74 Å². The standard InChI is InChI=1S/C20H25BrN2O4S/c1-4-5-6-7-20(24)22-15-9-11-18(27-3)19(13-15)28(25,26)23-17-12-14(2)8-10-16(17)21/h8-13,23H,4-7H2,1-3H3,(H,22,24). The lowest BCUT2D eigenvalue weighted by atomic mass is 10.2. The average Bonchev–Trinajstić information content (AvgIpc) is 2.64. The van der Waals surface area contributed by atoms with E-state index in [9.17, 15) is 13.2 Å². The van der Waals surface area contributed by atoms with Crippen LogP contribution in [0.1, 0.15) is 38.2 Å². The molecule has 0 bridgehead atoms. The second-order valence-electron chi connectivity index (χ2n) is 6.46. The highest BCUT2D eigenvalue weighted by atomic mass is 79.9. The maximum absolute atomic E-state index is 13.0. The topological polar surface area (TPSA) is 84.5 Å². The van der Waals surface area contributed by atoms with E-state index in [0.717, 1.165) is 24.8 Å². The van der Waals surface area contributed by atoms with Crippen LogP contribution in [0.25, 0.3) is 0 Å². The second kappa shape index (κ2) is 9.93. The van der Waals surface area contributed by atoms with Gasteiger partial charge in [-0.05, 0) is 65.2 Å². The summed E-state index contributed by atoms with van der Waals surface area (Å²) in [4.78, 5) is 12.0. The lowest BCUT2D eigenvalue weighted by molar-refractivity contribution is -0.116. The number of rotatable bonds is 9. The Labute approximate surface area is 174 Å². The number of hydrogen-bond donors (Lipinski definition) is 2. The van der Waals surface area contributed by atoms with Crippen molar-refractivity contribution in [1.82, 2.24) is 0 Å². The third kappa shape index (κ3) is 5.97. The smallest absolute Gasteiger partial charge is 0.265 e. The molecule has 0 radical (unpaired) electrons. The Morgan fingerprint density at radius 2 is 1.89 bits per heavy atom. The zero-order valence-corrected chi connectivity index (χ0v) is 18.6. The van der Waals surface area contributed by atoms with Gasteiger partial charge < -0.3 is 10.1 Å². The molecule has 0 aliphatic heterocycles. The molecule has 0 aromatic heterocycles. The van der Waals surface area contributed by atoms with Crippen molar-refractivity contribution in [2.75, 3.05) is 17.1 Å². The van der Waals surface area contributed by atoms with E-state index in [2.05, 4.69) is 32.9 Å². The van der Waals surface area contributed by atoms with E-state index in [1.54, 1.807) is 18.2 Å². The van der Waals surface area contributed by atoms with Crippen molar-refractivity contribution in [3.05, 3.63) is 46.4 Å². The lowest BCUT2D eigenvalue weighted by Gasteiger charge is -2.15. The fourth-order valence-corrected chi connectivity index (χ4v) is 4.38. The number of ether oxygens (including phenoxy) is 1. The van der Waals surface area contributed by atoms with E-state index in [0.29, 0.717) is 22.3 Å². The SMILES string of the molecule is CCCCCC(=O)Nc1ccc(OC)c(S(=O)(=O)Nc2cc(C)ccc2Br)c1. The molecule has 152 valence electrons. The summed E-state index contributed by atoms with van der Waals surface area (Å²) in [6.45, 7) is 3.94. The van der Waals surface area contributed by atoms with Gasteiger partial charge in [0.2, 0.25) is 5.91 Å². The van der Waals surface area contributed by atoms with Crippen LogP contribution in [0, 0.1) is 6.92 Å². The first-order valence-electron chi connectivity index (χ1n) is 9.03. The van der Waals surface area contributed by atoms with Gasteiger partial charge in [0.25, 0.3) is 10.0 Å². The number of amides is 1. The van der Waals surface area contributed by atoms with Gasteiger partial charge in [0, 0.05) is 16.6 Å². The largest absolute Gasteiger partial charge is 0.495 e. The normalized spacial score (nSPS) is 11.1. The number of hydrogen-bond acceptors (Lipinski definition) is 4. The maximum atomic E-state index is 13.0.